The predicted molar refractivity (Wildman–Crippen MR) is 116 cm³/mol. The Balaban J connectivity index is 1.39. The van der Waals surface area contributed by atoms with E-state index in [9.17, 15) is 14.0 Å². The first-order valence-electron chi connectivity index (χ1n) is 10.6. The molecule has 0 aliphatic carbocycles. The number of benzene rings is 2. The molecule has 1 aliphatic heterocycles. The van der Waals surface area contributed by atoms with Gasteiger partial charge in [0.2, 0.25) is 6.79 Å². The zero-order chi connectivity index (χ0) is 23.4. The van der Waals surface area contributed by atoms with Crippen molar-refractivity contribution in [1.82, 2.24) is 15.4 Å². The molecular weight excluding hydrogens is 429 g/mol. The number of carbonyl (C=O) groups is 2. The predicted octanol–water partition coefficient (Wildman–Crippen LogP) is 3.77. The van der Waals surface area contributed by atoms with Gasteiger partial charge in [0, 0.05) is 24.7 Å². The first-order valence-corrected chi connectivity index (χ1v) is 10.6. The number of halogens is 1. The molecule has 2 heterocycles. The molecule has 1 aliphatic rings. The van der Waals surface area contributed by atoms with E-state index in [1.165, 1.54) is 30.3 Å². The molecule has 0 unspecified atom stereocenters. The Kier molecular flexibility index (Phi) is 6.58. The SMILES string of the molecule is CC(C)CN(Cc1cc(C(=O)NCc2ccc3c(c2)OCO3)no1)C(=O)c1ccc(F)cc1. The summed E-state index contributed by atoms with van der Waals surface area (Å²) in [6, 6.07) is 12.3. The van der Waals surface area contributed by atoms with Gasteiger partial charge in [-0.1, -0.05) is 25.1 Å². The van der Waals surface area contributed by atoms with Crippen LogP contribution in [0.2, 0.25) is 0 Å². The molecule has 0 saturated heterocycles. The van der Waals surface area contributed by atoms with Crippen molar-refractivity contribution in [3.63, 3.8) is 0 Å². The number of hydrogen-bond acceptors (Lipinski definition) is 6. The largest absolute Gasteiger partial charge is 0.454 e. The molecular formula is C24H24FN3O5. The Bertz CT molecular complexity index is 1140. The zero-order valence-corrected chi connectivity index (χ0v) is 18.3. The molecule has 9 heteroatoms. The number of nitrogens with zero attached hydrogens (tertiary/aromatic N) is 2. The number of ether oxygens (including phenoxy) is 2. The smallest absolute Gasteiger partial charge is 0.273 e. The molecule has 33 heavy (non-hydrogen) atoms. The van der Waals surface area contributed by atoms with Crippen LogP contribution in [0, 0.1) is 11.7 Å². The van der Waals surface area contributed by atoms with Gasteiger partial charge in [-0.15, -0.1) is 0 Å². The molecule has 0 bridgehead atoms. The summed E-state index contributed by atoms with van der Waals surface area (Å²) in [6.07, 6.45) is 0. The molecule has 0 fully saturated rings. The molecule has 1 aromatic heterocycles. The first kappa shape index (κ1) is 22.3. The number of aromatic nitrogens is 1. The summed E-state index contributed by atoms with van der Waals surface area (Å²) in [5, 5.41) is 6.63. The highest BCUT2D eigenvalue weighted by Gasteiger charge is 2.21. The number of fused-ring (bicyclic) bond motifs is 1. The van der Waals surface area contributed by atoms with Gasteiger partial charge in [-0.05, 0) is 47.9 Å². The van der Waals surface area contributed by atoms with E-state index in [1.807, 2.05) is 26.0 Å². The van der Waals surface area contributed by atoms with E-state index in [0.717, 1.165) is 5.56 Å². The minimum Gasteiger partial charge on any atom is -0.454 e. The van der Waals surface area contributed by atoms with Gasteiger partial charge in [0.1, 0.15) is 5.82 Å². The van der Waals surface area contributed by atoms with Crippen molar-refractivity contribution in [3.8, 4) is 11.5 Å². The molecule has 2 aromatic carbocycles. The molecule has 0 atom stereocenters. The van der Waals surface area contributed by atoms with Crippen molar-refractivity contribution < 1.29 is 28.0 Å². The van der Waals surface area contributed by atoms with Gasteiger partial charge in [-0.25, -0.2) is 4.39 Å². The normalized spacial score (nSPS) is 12.1. The second kappa shape index (κ2) is 9.72. The minimum absolute atomic E-state index is 0.115. The Morgan fingerprint density at radius 3 is 2.61 bits per heavy atom. The Hall–Kier alpha value is -3.88. The van der Waals surface area contributed by atoms with E-state index < -0.39 is 11.7 Å². The van der Waals surface area contributed by atoms with Crippen molar-refractivity contribution in [1.29, 1.82) is 0 Å². The fourth-order valence-corrected chi connectivity index (χ4v) is 3.44. The highest BCUT2D eigenvalue weighted by molar-refractivity contribution is 5.94. The average Bonchev–Trinajstić information content (AvgIpc) is 3.46. The highest BCUT2D eigenvalue weighted by Crippen LogP contribution is 2.32. The third-order valence-corrected chi connectivity index (χ3v) is 4.99. The van der Waals surface area contributed by atoms with Crippen molar-refractivity contribution in [2.75, 3.05) is 13.3 Å². The quantitative estimate of drug-likeness (QED) is 0.558. The highest BCUT2D eigenvalue weighted by atomic mass is 19.1. The van der Waals surface area contributed by atoms with Crippen LogP contribution in [0.3, 0.4) is 0 Å². The van der Waals surface area contributed by atoms with Gasteiger partial charge in [-0.2, -0.15) is 0 Å². The lowest BCUT2D eigenvalue weighted by atomic mass is 10.1. The van der Waals surface area contributed by atoms with Crippen LogP contribution >= 0.6 is 0 Å². The van der Waals surface area contributed by atoms with E-state index in [1.54, 1.807) is 11.0 Å². The van der Waals surface area contributed by atoms with Crippen molar-refractivity contribution in [2.45, 2.75) is 26.9 Å². The van der Waals surface area contributed by atoms with Gasteiger partial charge in [0.25, 0.3) is 11.8 Å². The monoisotopic (exact) mass is 453 g/mol. The summed E-state index contributed by atoms with van der Waals surface area (Å²) in [4.78, 5) is 27.0. The molecule has 2 amide bonds. The maximum Gasteiger partial charge on any atom is 0.273 e. The van der Waals surface area contributed by atoms with Gasteiger partial charge < -0.3 is 24.2 Å². The number of hydrogen-bond donors (Lipinski definition) is 1. The van der Waals surface area contributed by atoms with E-state index in [0.29, 0.717) is 29.4 Å². The van der Waals surface area contributed by atoms with Crippen LogP contribution in [0.5, 0.6) is 11.5 Å². The molecule has 4 rings (SSSR count). The van der Waals surface area contributed by atoms with E-state index in [2.05, 4.69) is 10.5 Å². The zero-order valence-electron chi connectivity index (χ0n) is 18.3. The van der Waals surface area contributed by atoms with E-state index in [-0.39, 0.29) is 37.4 Å². The van der Waals surface area contributed by atoms with Crippen LogP contribution in [-0.4, -0.2) is 35.2 Å². The lowest BCUT2D eigenvalue weighted by Crippen LogP contribution is -2.33. The molecule has 1 N–H and O–H groups in total. The number of carbonyl (C=O) groups excluding carboxylic acids is 2. The topological polar surface area (TPSA) is 93.9 Å². The third-order valence-electron chi connectivity index (χ3n) is 4.99. The van der Waals surface area contributed by atoms with Crippen LogP contribution in [0.1, 0.15) is 46.0 Å². The summed E-state index contributed by atoms with van der Waals surface area (Å²) in [6.45, 7) is 5.03. The summed E-state index contributed by atoms with van der Waals surface area (Å²) in [5.41, 5.74) is 1.34. The lowest BCUT2D eigenvalue weighted by Gasteiger charge is -2.23. The number of amides is 2. The molecule has 0 radical (unpaired) electrons. The summed E-state index contributed by atoms with van der Waals surface area (Å²) in [5.74, 6) is 0.820. The van der Waals surface area contributed by atoms with Gasteiger partial charge in [0.15, 0.2) is 23.0 Å². The fourth-order valence-electron chi connectivity index (χ4n) is 3.44. The maximum absolute atomic E-state index is 13.2. The van der Waals surface area contributed by atoms with Gasteiger partial charge in [0.05, 0.1) is 6.54 Å². The van der Waals surface area contributed by atoms with Crippen LogP contribution in [0.25, 0.3) is 0 Å². The van der Waals surface area contributed by atoms with Crippen molar-refractivity contribution in [3.05, 3.63) is 76.9 Å². The van der Waals surface area contributed by atoms with Crippen molar-refractivity contribution >= 4 is 11.8 Å². The molecule has 8 nitrogen and oxygen atoms in total. The number of rotatable bonds is 8. The summed E-state index contributed by atoms with van der Waals surface area (Å²) >= 11 is 0. The Morgan fingerprint density at radius 2 is 1.85 bits per heavy atom. The first-order chi connectivity index (χ1) is 15.9. The minimum atomic E-state index is -0.409. The molecule has 0 spiro atoms. The second-order valence-corrected chi connectivity index (χ2v) is 8.14. The summed E-state index contributed by atoms with van der Waals surface area (Å²) < 4.78 is 29.2. The van der Waals surface area contributed by atoms with Gasteiger partial charge in [-0.3, -0.25) is 9.59 Å². The van der Waals surface area contributed by atoms with E-state index >= 15 is 0 Å². The van der Waals surface area contributed by atoms with E-state index in [4.69, 9.17) is 14.0 Å². The number of nitrogens with one attached hydrogen (secondary N) is 1. The van der Waals surface area contributed by atoms with Crippen LogP contribution in [-0.2, 0) is 13.1 Å². The van der Waals surface area contributed by atoms with Crippen LogP contribution in [0.15, 0.2) is 53.1 Å². The standard InChI is InChI=1S/C24H24FN3O5/c1-15(2)12-28(24(30)17-4-6-18(25)7-5-17)13-19-10-20(27-33-19)23(29)26-11-16-3-8-21-22(9-16)32-14-31-21/h3-10,15H,11-14H2,1-2H3,(H,26,29). The van der Waals surface area contributed by atoms with Crippen molar-refractivity contribution in [2.24, 2.45) is 5.92 Å². The van der Waals surface area contributed by atoms with Gasteiger partial charge >= 0.3 is 0 Å². The Labute approximate surface area is 190 Å². The Morgan fingerprint density at radius 1 is 1.09 bits per heavy atom. The second-order valence-electron chi connectivity index (χ2n) is 8.14. The van der Waals surface area contributed by atoms with Crippen LogP contribution in [0.4, 0.5) is 4.39 Å². The molecule has 172 valence electrons. The molecule has 3 aromatic rings. The average molecular weight is 453 g/mol. The summed E-state index contributed by atoms with van der Waals surface area (Å²) in [7, 11) is 0. The molecule has 0 saturated carbocycles. The fraction of sp³-hybridized carbons (Fsp3) is 0.292. The lowest BCUT2D eigenvalue weighted by molar-refractivity contribution is 0.0705. The maximum atomic E-state index is 13.2. The third kappa shape index (κ3) is 5.49. The van der Waals surface area contributed by atoms with Crippen LogP contribution < -0.4 is 14.8 Å².